The van der Waals surface area contributed by atoms with E-state index in [0.29, 0.717) is 0 Å². The summed E-state index contributed by atoms with van der Waals surface area (Å²) in [5, 5.41) is 7.32. The van der Waals surface area contributed by atoms with E-state index in [0.717, 1.165) is 0 Å². The van der Waals surface area contributed by atoms with E-state index in [-0.39, 0.29) is 17.1 Å². The van der Waals surface area contributed by atoms with Crippen molar-refractivity contribution < 1.29 is 42.3 Å². The Balaban J connectivity index is -0.000000140. The van der Waals surface area contributed by atoms with Crippen molar-refractivity contribution >= 4 is 7.81 Å². The standard InChI is InChI=1S/C2H3N.Cu.F6P/c1-2-3;;1-7(2,3,4,5)6/h1H3;;/q;;-1. The van der Waals surface area contributed by atoms with Crippen LogP contribution in [0.3, 0.4) is 0 Å². The number of rotatable bonds is 0. The van der Waals surface area contributed by atoms with Crippen LogP contribution in [0, 0.1) is 11.3 Å². The Morgan fingerprint density at radius 3 is 1.00 bits per heavy atom. The molecule has 0 aliphatic heterocycles. The Morgan fingerprint density at radius 2 is 1.00 bits per heavy atom. The molecule has 75 valence electrons. The van der Waals surface area contributed by atoms with Crippen LogP contribution in [0.4, 0.5) is 25.2 Å². The first-order chi connectivity index (χ1) is 3.86. The maximum atomic E-state index is 9.87. The molecule has 0 rings (SSSR count). The molecule has 0 amide bonds. The van der Waals surface area contributed by atoms with E-state index in [4.69, 9.17) is 5.26 Å². The Labute approximate surface area is 69.1 Å². The van der Waals surface area contributed by atoms with Crippen LogP contribution >= 0.6 is 7.81 Å². The second-order valence-electron chi connectivity index (χ2n) is 1.18. The molecule has 0 saturated heterocycles. The van der Waals surface area contributed by atoms with E-state index in [9.17, 15) is 25.2 Å². The molecule has 9 heteroatoms. The van der Waals surface area contributed by atoms with E-state index in [1.54, 1.807) is 6.07 Å². The number of hydrogen-bond acceptors (Lipinski definition) is 1. The summed E-state index contributed by atoms with van der Waals surface area (Å²) in [4.78, 5) is 0. The molecular formula is C2H3CuF6NP-. The average molecular weight is 250 g/mol. The zero-order chi connectivity index (χ0) is 9.12. The number of halogens is 6. The number of nitrogens with zero attached hydrogens (tertiary/aromatic N) is 1. The minimum absolute atomic E-state index is 0. The van der Waals surface area contributed by atoms with E-state index < -0.39 is 7.81 Å². The van der Waals surface area contributed by atoms with Crippen molar-refractivity contribution in [1.82, 2.24) is 0 Å². The fourth-order valence-electron chi connectivity index (χ4n) is 0. The summed E-state index contributed by atoms with van der Waals surface area (Å²) in [6.45, 7) is 1.43. The maximum Gasteiger partial charge on any atom is 0 e. The molecule has 0 aromatic carbocycles. The third-order valence-corrected chi connectivity index (χ3v) is 0. The molecule has 11 heavy (non-hydrogen) atoms. The van der Waals surface area contributed by atoms with Gasteiger partial charge >= 0.3 is 33.0 Å². The van der Waals surface area contributed by atoms with Crippen LogP contribution in [0.25, 0.3) is 0 Å². The van der Waals surface area contributed by atoms with Crippen LogP contribution in [-0.2, 0) is 17.1 Å². The van der Waals surface area contributed by atoms with Crippen LogP contribution in [0.2, 0.25) is 0 Å². The van der Waals surface area contributed by atoms with E-state index in [2.05, 4.69) is 0 Å². The van der Waals surface area contributed by atoms with Crippen LogP contribution in [0.15, 0.2) is 0 Å². The quantitative estimate of drug-likeness (QED) is 0.363. The normalized spacial score (nSPS) is 15.5. The van der Waals surface area contributed by atoms with Crippen LogP contribution in [-0.4, -0.2) is 0 Å². The molecule has 0 heterocycles. The summed E-state index contributed by atoms with van der Waals surface area (Å²) >= 11 is 0. The van der Waals surface area contributed by atoms with Gasteiger partial charge in [-0.25, -0.2) is 0 Å². The molecule has 0 saturated carbocycles. The summed E-state index contributed by atoms with van der Waals surface area (Å²) < 4.78 is 59.2. The maximum absolute atomic E-state index is 10.7. The smallest absolute Gasteiger partial charge is 0 e. The molecule has 0 aliphatic carbocycles. The van der Waals surface area contributed by atoms with Gasteiger partial charge in [-0.15, -0.1) is 0 Å². The van der Waals surface area contributed by atoms with E-state index in [1.165, 1.54) is 6.92 Å². The molecule has 0 aromatic heterocycles. The van der Waals surface area contributed by atoms with Gasteiger partial charge in [0.15, 0.2) is 0 Å². The van der Waals surface area contributed by atoms with Gasteiger partial charge in [0.2, 0.25) is 0 Å². The van der Waals surface area contributed by atoms with Crippen molar-refractivity contribution in [3.8, 4) is 6.07 Å². The van der Waals surface area contributed by atoms with Crippen LogP contribution in [0.5, 0.6) is 0 Å². The summed E-state index contributed by atoms with van der Waals surface area (Å²) in [5.41, 5.74) is 0. The summed E-state index contributed by atoms with van der Waals surface area (Å²) in [6, 6.07) is 1.75. The van der Waals surface area contributed by atoms with Crippen molar-refractivity contribution in [3.63, 3.8) is 0 Å². The molecule has 1 radical (unpaired) electrons. The molecule has 0 atom stereocenters. The minimum Gasteiger partial charge on any atom is 0 e. The van der Waals surface area contributed by atoms with Crippen molar-refractivity contribution in [3.05, 3.63) is 0 Å². The monoisotopic (exact) mass is 249 g/mol. The van der Waals surface area contributed by atoms with Gasteiger partial charge in [0.05, 0.1) is 6.07 Å². The van der Waals surface area contributed by atoms with Crippen LogP contribution < -0.4 is 0 Å². The van der Waals surface area contributed by atoms with Gasteiger partial charge in [0.25, 0.3) is 0 Å². The van der Waals surface area contributed by atoms with Crippen molar-refractivity contribution in [2.24, 2.45) is 0 Å². The van der Waals surface area contributed by atoms with E-state index in [1.807, 2.05) is 0 Å². The van der Waals surface area contributed by atoms with Crippen LogP contribution in [0.1, 0.15) is 6.92 Å². The zero-order valence-electron chi connectivity index (χ0n) is 4.96. The van der Waals surface area contributed by atoms with Gasteiger partial charge in [-0.1, -0.05) is 0 Å². The van der Waals surface area contributed by atoms with Gasteiger partial charge < -0.3 is 0 Å². The number of nitriles is 1. The molecule has 0 aromatic rings. The Hall–Kier alpha value is 0.0195. The Morgan fingerprint density at radius 1 is 1.00 bits per heavy atom. The molecule has 0 unspecified atom stereocenters. The van der Waals surface area contributed by atoms with Gasteiger partial charge in [0.1, 0.15) is 0 Å². The predicted octanol–water partition coefficient (Wildman–Crippen LogP) is 3.91. The third-order valence-electron chi connectivity index (χ3n) is 0. The largest absolute Gasteiger partial charge is 0 e. The van der Waals surface area contributed by atoms with Crippen molar-refractivity contribution in [2.45, 2.75) is 6.92 Å². The molecule has 0 aliphatic rings. The first kappa shape index (κ1) is 17.2. The van der Waals surface area contributed by atoms with E-state index >= 15 is 0 Å². The summed E-state index contributed by atoms with van der Waals surface area (Å²) in [7, 11) is -10.7. The number of hydrogen-bond donors (Lipinski definition) is 0. The average Bonchev–Trinajstić information content (AvgIpc) is 1.20. The van der Waals surface area contributed by atoms with Crippen molar-refractivity contribution in [1.29, 1.82) is 5.26 Å². The van der Waals surface area contributed by atoms with Gasteiger partial charge in [0, 0.05) is 24.0 Å². The van der Waals surface area contributed by atoms with Gasteiger partial charge in [-0.05, 0) is 0 Å². The molecule has 1 nitrogen and oxygen atoms in total. The second-order valence-corrected chi connectivity index (χ2v) is 3.10. The molecule has 0 N–H and O–H groups in total. The fraction of sp³-hybridized carbons (Fsp3) is 0.500. The first-order valence-corrected chi connectivity index (χ1v) is 3.77. The minimum atomic E-state index is -10.7. The predicted molar refractivity (Wildman–Crippen MR) is 24.9 cm³/mol. The summed E-state index contributed by atoms with van der Waals surface area (Å²) in [5.74, 6) is 0. The molecule has 0 fully saturated rings. The SMILES string of the molecule is CC#N.F[P-](F)(F)(F)(F)F.[Cu]. The zero-order valence-corrected chi connectivity index (χ0v) is 6.80. The van der Waals surface area contributed by atoms with Gasteiger partial charge in [-0.3, -0.25) is 0 Å². The first-order valence-electron chi connectivity index (χ1n) is 1.74. The fourth-order valence-corrected chi connectivity index (χ4v) is 0. The Bertz CT molecular complexity index is 137. The Kier molecular flexibility index (Phi) is 4.97. The molecule has 0 spiro atoms. The summed E-state index contributed by atoms with van der Waals surface area (Å²) in [6.07, 6.45) is 0. The molecular weight excluding hydrogens is 247 g/mol. The van der Waals surface area contributed by atoms with Crippen molar-refractivity contribution in [2.75, 3.05) is 0 Å². The topological polar surface area (TPSA) is 23.8 Å². The second kappa shape index (κ2) is 3.18. The molecule has 0 bridgehead atoms. The van der Waals surface area contributed by atoms with Gasteiger partial charge in [-0.2, -0.15) is 5.26 Å². The third kappa shape index (κ3) is 1700000.